The molecule has 0 aliphatic rings. The standard InChI is InChI=1S/C22H26Cl2N4O3/c1-4-28(13-18(29)26-20-16(23)11-8-12-17(20)24)21(30)19(14(2)3)27-22(31)25-15-9-6-5-7-10-15/h5-12,14,19H,4,13H2,1-3H3,(H,26,29)(H2,25,27,31). The second kappa shape index (κ2) is 11.6. The van der Waals surface area contributed by atoms with Crippen molar-refractivity contribution in [2.24, 2.45) is 5.92 Å². The van der Waals surface area contributed by atoms with Gasteiger partial charge in [0.1, 0.15) is 6.04 Å². The lowest BCUT2D eigenvalue weighted by molar-refractivity contribution is -0.137. The highest BCUT2D eigenvalue weighted by atomic mass is 35.5. The molecule has 0 saturated carbocycles. The number of halogens is 2. The average Bonchev–Trinajstić information content (AvgIpc) is 2.73. The van der Waals surface area contributed by atoms with Crippen LogP contribution in [-0.2, 0) is 9.59 Å². The molecule has 0 fully saturated rings. The molecule has 0 aliphatic carbocycles. The lowest BCUT2D eigenvalue weighted by atomic mass is 10.0. The first kappa shape index (κ1) is 24.5. The average molecular weight is 465 g/mol. The Kier molecular flexibility index (Phi) is 9.15. The van der Waals surface area contributed by atoms with E-state index in [0.29, 0.717) is 21.4 Å². The minimum atomic E-state index is -0.805. The first-order chi connectivity index (χ1) is 14.7. The van der Waals surface area contributed by atoms with Crippen molar-refractivity contribution in [1.29, 1.82) is 0 Å². The Morgan fingerprint density at radius 3 is 2.10 bits per heavy atom. The first-order valence-electron chi connectivity index (χ1n) is 9.88. The fraction of sp³-hybridized carbons (Fsp3) is 0.318. The number of nitrogens with one attached hydrogen (secondary N) is 3. The number of hydrogen-bond acceptors (Lipinski definition) is 3. The monoisotopic (exact) mass is 464 g/mol. The summed E-state index contributed by atoms with van der Waals surface area (Å²) in [7, 11) is 0. The van der Waals surface area contributed by atoms with E-state index in [-0.39, 0.29) is 24.9 Å². The molecule has 0 bridgehead atoms. The molecule has 31 heavy (non-hydrogen) atoms. The van der Waals surface area contributed by atoms with Crippen molar-refractivity contribution in [3.05, 3.63) is 58.6 Å². The van der Waals surface area contributed by atoms with Crippen molar-refractivity contribution in [3.63, 3.8) is 0 Å². The Morgan fingerprint density at radius 2 is 1.55 bits per heavy atom. The zero-order valence-corrected chi connectivity index (χ0v) is 19.1. The van der Waals surface area contributed by atoms with Crippen LogP contribution < -0.4 is 16.0 Å². The maximum absolute atomic E-state index is 13.1. The molecule has 2 rings (SSSR count). The minimum Gasteiger partial charge on any atom is -0.332 e. The maximum Gasteiger partial charge on any atom is 0.319 e. The van der Waals surface area contributed by atoms with Crippen molar-refractivity contribution in [2.75, 3.05) is 23.7 Å². The summed E-state index contributed by atoms with van der Waals surface area (Å²) >= 11 is 12.2. The van der Waals surface area contributed by atoms with E-state index in [2.05, 4.69) is 16.0 Å². The third-order valence-corrected chi connectivity index (χ3v) is 5.14. The van der Waals surface area contributed by atoms with Crippen molar-refractivity contribution >= 4 is 52.4 Å². The Morgan fingerprint density at radius 1 is 0.935 bits per heavy atom. The van der Waals surface area contributed by atoms with Gasteiger partial charge in [0.15, 0.2) is 0 Å². The zero-order chi connectivity index (χ0) is 23.0. The van der Waals surface area contributed by atoms with Gasteiger partial charge in [0.25, 0.3) is 0 Å². The fourth-order valence-corrected chi connectivity index (χ4v) is 3.35. The van der Waals surface area contributed by atoms with E-state index in [9.17, 15) is 14.4 Å². The predicted octanol–water partition coefficient (Wildman–Crippen LogP) is 4.63. The number of benzene rings is 2. The van der Waals surface area contributed by atoms with E-state index in [1.807, 2.05) is 19.9 Å². The van der Waals surface area contributed by atoms with Gasteiger partial charge in [0.05, 0.1) is 22.3 Å². The smallest absolute Gasteiger partial charge is 0.319 e. The number of carbonyl (C=O) groups is 3. The summed E-state index contributed by atoms with van der Waals surface area (Å²) in [4.78, 5) is 39.3. The highest BCUT2D eigenvalue weighted by Gasteiger charge is 2.29. The van der Waals surface area contributed by atoms with Crippen LogP contribution in [0.3, 0.4) is 0 Å². The molecule has 0 radical (unpaired) electrons. The van der Waals surface area contributed by atoms with Crippen LogP contribution in [-0.4, -0.2) is 41.9 Å². The van der Waals surface area contributed by atoms with Gasteiger partial charge >= 0.3 is 6.03 Å². The number of likely N-dealkylation sites (N-methyl/N-ethyl adjacent to an activating group) is 1. The van der Waals surface area contributed by atoms with E-state index in [1.54, 1.807) is 49.4 Å². The number of rotatable bonds is 8. The maximum atomic E-state index is 13.1. The van der Waals surface area contributed by atoms with Gasteiger partial charge in [-0.2, -0.15) is 0 Å². The highest BCUT2D eigenvalue weighted by molar-refractivity contribution is 6.39. The van der Waals surface area contributed by atoms with Crippen LogP contribution in [0.4, 0.5) is 16.2 Å². The van der Waals surface area contributed by atoms with Crippen LogP contribution in [0.1, 0.15) is 20.8 Å². The zero-order valence-electron chi connectivity index (χ0n) is 17.6. The van der Waals surface area contributed by atoms with Crippen LogP contribution in [0.5, 0.6) is 0 Å². The molecule has 166 valence electrons. The van der Waals surface area contributed by atoms with E-state index in [1.165, 1.54) is 4.90 Å². The molecule has 9 heteroatoms. The van der Waals surface area contributed by atoms with Crippen LogP contribution >= 0.6 is 23.2 Å². The van der Waals surface area contributed by atoms with Crippen LogP contribution in [0.25, 0.3) is 0 Å². The van der Waals surface area contributed by atoms with E-state index in [4.69, 9.17) is 23.2 Å². The molecule has 2 aromatic rings. The van der Waals surface area contributed by atoms with Gasteiger partial charge in [-0.1, -0.05) is 61.3 Å². The third-order valence-electron chi connectivity index (χ3n) is 4.51. The molecular formula is C22H26Cl2N4O3. The molecule has 0 aliphatic heterocycles. The first-order valence-corrected chi connectivity index (χ1v) is 10.6. The number of anilines is 2. The summed E-state index contributed by atoms with van der Waals surface area (Å²) in [5, 5.41) is 8.65. The van der Waals surface area contributed by atoms with E-state index in [0.717, 1.165) is 0 Å². The second-order valence-corrected chi connectivity index (χ2v) is 8.00. The molecular weight excluding hydrogens is 439 g/mol. The van der Waals surface area contributed by atoms with Crippen molar-refractivity contribution in [2.45, 2.75) is 26.8 Å². The van der Waals surface area contributed by atoms with Gasteiger partial charge in [0.2, 0.25) is 11.8 Å². The Balaban J connectivity index is 2.04. The minimum absolute atomic E-state index is 0.191. The number of urea groups is 1. The van der Waals surface area contributed by atoms with Gasteiger partial charge < -0.3 is 20.9 Å². The summed E-state index contributed by atoms with van der Waals surface area (Å²) in [5.74, 6) is -0.994. The quantitative estimate of drug-likeness (QED) is 0.531. The number of amides is 4. The molecule has 1 atom stereocenters. The molecule has 0 spiro atoms. The van der Waals surface area contributed by atoms with Crippen LogP contribution in [0, 0.1) is 5.92 Å². The summed E-state index contributed by atoms with van der Waals surface area (Å²) in [6.45, 7) is 5.48. The van der Waals surface area contributed by atoms with Crippen molar-refractivity contribution in [1.82, 2.24) is 10.2 Å². The van der Waals surface area contributed by atoms with Gasteiger partial charge in [-0.05, 0) is 37.1 Å². The van der Waals surface area contributed by atoms with Crippen molar-refractivity contribution < 1.29 is 14.4 Å². The van der Waals surface area contributed by atoms with Gasteiger partial charge in [0, 0.05) is 12.2 Å². The van der Waals surface area contributed by atoms with Gasteiger partial charge in [-0.3, -0.25) is 9.59 Å². The predicted molar refractivity (Wildman–Crippen MR) is 125 cm³/mol. The largest absolute Gasteiger partial charge is 0.332 e. The van der Waals surface area contributed by atoms with Crippen molar-refractivity contribution in [3.8, 4) is 0 Å². The fourth-order valence-electron chi connectivity index (χ4n) is 2.86. The summed E-state index contributed by atoms with van der Waals surface area (Å²) < 4.78 is 0. The summed E-state index contributed by atoms with van der Waals surface area (Å²) in [6.07, 6.45) is 0. The SMILES string of the molecule is CCN(CC(=O)Nc1c(Cl)cccc1Cl)C(=O)C(NC(=O)Nc1ccccc1)C(C)C. The normalized spacial score (nSPS) is 11.5. The molecule has 1 unspecified atom stereocenters. The topological polar surface area (TPSA) is 90.5 Å². The van der Waals surface area contributed by atoms with Gasteiger partial charge in [-0.15, -0.1) is 0 Å². The summed E-state index contributed by atoms with van der Waals surface area (Å²) in [6, 6.07) is 12.5. The Labute approximate surface area is 192 Å². The highest BCUT2D eigenvalue weighted by Crippen LogP contribution is 2.29. The number of nitrogens with zero attached hydrogens (tertiary/aromatic N) is 1. The van der Waals surface area contributed by atoms with E-state index >= 15 is 0 Å². The molecule has 2 aromatic carbocycles. The Bertz CT molecular complexity index is 902. The number of hydrogen-bond donors (Lipinski definition) is 3. The molecule has 0 heterocycles. The molecule has 3 N–H and O–H groups in total. The van der Waals surface area contributed by atoms with E-state index < -0.39 is 18.0 Å². The molecule has 7 nitrogen and oxygen atoms in total. The van der Waals surface area contributed by atoms with Crippen LogP contribution in [0.15, 0.2) is 48.5 Å². The summed E-state index contributed by atoms with van der Waals surface area (Å²) in [5.41, 5.74) is 0.901. The molecule has 0 saturated heterocycles. The lowest BCUT2D eigenvalue weighted by Gasteiger charge is -2.28. The number of carbonyl (C=O) groups excluding carboxylic acids is 3. The van der Waals surface area contributed by atoms with Gasteiger partial charge in [-0.25, -0.2) is 4.79 Å². The number of para-hydroxylation sites is 2. The third kappa shape index (κ3) is 7.15. The second-order valence-electron chi connectivity index (χ2n) is 7.18. The molecule has 0 aromatic heterocycles. The van der Waals surface area contributed by atoms with Crippen LogP contribution in [0.2, 0.25) is 10.0 Å². The lowest BCUT2D eigenvalue weighted by Crippen LogP contribution is -2.53. The Hall–Kier alpha value is -2.77. The molecule has 4 amide bonds.